The molecule has 0 radical (unpaired) electrons. The molecule has 0 aliphatic rings. The molecule has 15 heavy (non-hydrogen) atoms. The fourth-order valence-electron chi connectivity index (χ4n) is 0.598. The molecule has 2 N–H and O–H groups in total. The molecule has 0 aromatic heterocycles. The van der Waals surface area contributed by atoms with Crippen molar-refractivity contribution in [1.29, 1.82) is 0 Å². The third kappa shape index (κ3) is 13.7. The lowest BCUT2D eigenvalue weighted by molar-refractivity contribution is -0.310. The molecule has 0 amide bonds. The van der Waals surface area contributed by atoms with E-state index in [-0.39, 0.29) is 39.6 Å². The molecule has 0 aliphatic heterocycles. The average Bonchev–Trinajstić information content (AvgIpc) is 2.26. The summed E-state index contributed by atoms with van der Waals surface area (Å²) in [5.41, 5.74) is 0. The summed E-state index contributed by atoms with van der Waals surface area (Å²) in [5.74, 6) is 0. The van der Waals surface area contributed by atoms with Crippen LogP contribution in [0, 0.1) is 0 Å². The van der Waals surface area contributed by atoms with Gasteiger partial charge in [0.25, 0.3) is 0 Å². The lowest BCUT2D eigenvalue weighted by atomic mass is 10.7. The van der Waals surface area contributed by atoms with E-state index in [1.165, 1.54) is 0 Å². The Morgan fingerprint density at radius 1 is 0.533 bits per heavy atom. The smallest absolute Gasteiger partial charge is 0.106 e. The normalized spacial score (nSPS) is 10.8. The van der Waals surface area contributed by atoms with Crippen molar-refractivity contribution in [3.05, 3.63) is 0 Å². The Morgan fingerprint density at radius 3 is 1.33 bits per heavy atom. The van der Waals surface area contributed by atoms with E-state index < -0.39 is 0 Å². The molecule has 0 saturated heterocycles. The number of hydrogen-bond donors (Lipinski definition) is 2. The van der Waals surface area contributed by atoms with Gasteiger partial charge in [-0.15, -0.1) is 0 Å². The zero-order chi connectivity index (χ0) is 11.2. The number of rotatable bonds is 12. The highest BCUT2D eigenvalue weighted by atomic mass is 17.2. The van der Waals surface area contributed by atoms with Gasteiger partial charge in [0.1, 0.15) is 26.4 Å². The molecule has 0 aliphatic carbocycles. The minimum absolute atomic E-state index is 0.0725. The molecule has 0 aromatic rings. The Balaban J connectivity index is 2.81. The fourth-order valence-corrected chi connectivity index (χ4v) is 0.598. The Morgan fingerprint density at radius 2 is 0.933 bits per heavy atom. The van der Waals surface area contributed by atoms with Crippen molar-refractivity contribution in [2.24, 2.45) is 0 Å². The van der Waals surface area contributed by atoms with Gasteiger partial charge < -0.3 is 14.9 Å². The van der Waals surface area contributed by atoms with Crippen molar-refractivity contribution in [2.45, 2.75) is 0 Å². The first kappa shape index (κ1) is 14.7. The van der Waals surface area contributed by atoms with Crippen LogP contribution in [0.15, 0.2) is 0 Å². The lowest BCUT2D eigenvalue weighted by Gasteiger charge is -2.05. The van der Waals surface area contributed by atoms with Crippen LogP contribution in [-0.2, 0) is 24.3 Å². The van der Waals surface area contributed by atoms with Crippen LogP contribution in [0.2, 0.25) is 0 Å². The molecular weight excluding hydrogens is 208 g/mol. The van der Waals surface area contributed by atoms with E-state index in [0.29, 0.717) is 13.2 Å². The summed E-state index contributed by atoms with van der Waals surface area (Å²) in [5, 5.41) is 16.7. The van der Waals surface area contributed by atoms with Gasteiger partial charge in [0.05, 0.1) is 26.4 Å². The van der Waals surface area contributed by atoms with Gasteiger partial charge in [-0.1, -0.05) is 0 Å². The van der Waals surface area contributed by atoms with Crippen LogP contribution < -0.4 is 0 Å². The molecule has 0 atom stereocenters. The number of ether oxygens (including phenoxy) is 1. The van der Waals surface area contributed by atoms with Crippen LogP contribution in [0.4, 0.5) is 0 Å². The lowest BCUT2D eigenvalue weighted by Crippen LogP contribution is -2.11. The molecule has 0 rings (SSSR count). The summed E-state index contributed by atoms with van der Waals surface area (Å²) >= 11 is 0. The highest BCUT2D eigenvalue weighted by Gasteiger charge is 1.92. The maximum atomic E-state index is 8.33. The summed E-state index contributed by atoms with van der Waals surface area (Å²) in [4.78, 5) is 18.3. The summed E-state index contributed by atoms with van der Waals surface area (Å²) in [6, 6.07) is 0. The van der Waals surface area contributed by atoms with Gasteiger partial charge >= 0.3 is 0 Å². The molecule has 92 valence electrons. The van der Waals surface area contributed by atoms with Gasteiger partial charge in [-0.3, -0.25) is 0 Å². The summed E-state index contributed by atoms with van der Waals surface area (Å²) < 4.78 is 5.06. The van der Waals surface area contributed by atoms with Crippen LogP contribution in [0.1, 0.15) is 0 Å². The Bertz CT molecular complexity index is 99.2. The molecule has 0 unspecified atom stereocenters. The van der Waals surface area contributed by atoms with Crippen LogP contribution in [0.25, 0.3) is 0 Å². The molecular formula is C8H18O7. The van der Waals surface area contributed by atoms with Gasteiger partial charge in [-0.25, -0.2) is 19.6 Å². The van der Waals surface area contributed by atoms with E-state index in [9.17, 15) is 0 Å². The van der Waals surface area contributed by atoms with Crippen molar-refractivity contribution < 1.29 is 34.5 Å². The summed E-state index contributed by atoms with van der Waals surface area (Å²) in [6.45, 7) is 1.47. The van der Waals surface area contributed by atoms with E-state index in [4.69, 9.17) is 14.9 Å². The molecule has 7 heteroatoms. The van der Waals surface area contributed by atoms with Gasteiger partial charge in [-0.05, 0) is 0 Å². The monoisotopic (exact) mass is 226 g/mol. The summed E-state index contributed by atoms with van der Waals surface area (Å²) in [7, 11) is 0. The van der Waals surface area contributed by atoms with Gasteiger partial charge in [0.2, 0.25) is 0 Å². The molecule has 0 aromatic carbocycles. The third-order valence-electron chi connectivity index (χ3n) is 1.14. The highest BCUT2D eigenvalue weighted by molar-refractivity contribution is 4.27. The molecule has 0 saturated carbocycles. The Kier molecular flexibility index (Phi) is 13.5. The predicted molar refractivity (Wildman–Crippen MR) is 48.8 cm³/mol. The second-order valence-electron chi connectivity index (χ2n) is 2.35. The van der Waals surface area contributed by atoms with E-state index in [0.717, 1.165) is 0 Å². The van der Waals surface area contributed by atoms with Crippen molar-refractivity contribution >= 4 is 0 Å². The predicted octanol–water partition coefficient (Wildman–Crippen LogP) is -1.12. The van der Waals surface area contributed by atoms with Crippen molar-refractivity contribution in [2.75, 3.05) is 52.9 Å². The topological polar surface area (TPSA) is 86.6 Å². The first-order valence-electron chi connectivity index (χ1n) is 4.70. The minimum atomic E-state index is -0.0725. The third-order valence-corrected chi connectivity index (χ3v) is 1.14. The van der Waals surface area contributed by atoms with E-state index in [1.54, 1.807) is 0 Å². The second kappa shape index (κ2) is 13.7. The van der Waals surface area contributed by atoms with Crippen LogP contribution in [-0.4, -0.2) is 63.1 Å². The fraction of sp³-hybridized carbons (Fsp3) is 1.00. The molecule has 0 heterocycles. The quantitative estimate of drug-likeness (QED) is 0.248. The largest absolute Gasteiger partial charge is 0.394 e. The first-order valence-corrected chi connectivity index (χ1v) is 4.70. The van der Waals surface area contributed by atoms with Crippen LogP contribution >= 0.6 is 0 Å². The van der Waals surface area contributed by atoms with Gasteiger partial charge in [0.15, 0.2) is 0 Å². The van der Waals surface area contributed by atoms with E-state index in [2.05, 4.69) is 19.6 Å². The Hall–Kier alpha value is -0.280. The maximum absolute atomic E-state index is 8.33. The van der Waals surface area contributed by atoms with Gasteiger partial charge in [0, 0.05) is 0 Å². The van der Waals surface area contributed by atoms with E-state index in [1.807, 2.05) is 0 Å². The molecule has 0 spiro atoms. The van der Waals surface area contributed by atoms with Crippen molar-refractivity contribution in [3.8, 4) is 0 Å². The van der Waals surface area contributed by atoms with Crippen LogP contribution in [0.3, 0.4) is 0 Å². The van der Waals surface area contributed by atoms with Gasteiger partial charge in [-0.2, -0.15) is 0 Å². The van der Waals surface area contributed by atoms with Crippen molar-refractivity contribution in [3.63, 3.8) is 0 Å². The SMILES string of the molecule is OCCOOCCOCCOOCCO. The Labute approximate surface area is 88.3 Å². The number of aliphatic hydroxyl groups is 2. The first-order chi connectivity index (χ1) is 7.41. The summed E-state index contributed by atoms with van der Waals surface area (Å²) in [6.07, 6.45) is 0. The zero-order valence-electron chi connectivity index (χ0n) is 8.59. The standard InChI is InChI=1S/C8H18O7/c9-1-3-12-14-7-5-11-6-8-15-13-4-2-10/h9-10H,1-8H2. The maximum Gasteiger partial charge on any atom is 0.106 e. The molecule has 0 bridgehead atoms. The van der Waals surface area contributed by atoms with E-state index >= 15 is 0 Å². The molecule has 7 nitrogen and oxygen atoms in total. The zero-order valence-corrected chi connectivity index (χ0v) is 8.59. The average molecular weight is 226 g/mol. The highest BCUT2D eigenvalue weighted by Crippen LogP contribution is 1.83. The van der Waals surface area contributed by atoms with Crippen LogP contribution in [0.5, 0.6) is 0 Å². The minimum Gasteiger partial charge on any atom is -0.394 e. The number of hydrogen-bond acceptors (Lipinski definition) is 7. The second-order valence-corrected chi connectivity index (χ2v) is 2.35. The number of aliphatic hydroxyl groups excluding tert-OH is 2. The molecule has 0 fully saturated rings. The van der Waals surface area contributed by atoms with Crippen molar-refractivity contribution in [1.82, 2.24) is 0 Å².